The van der Waals surface area contributed by atoms with Crippen LogP contribution in [0.25, 0.3) is 0 Å². The summed E-state index contributed by atoms with van der Waals surface area (Å²) < 4.78 is 13.3. The highest BCUT2D eigenvalue weighted by Crippen LogP contribution is 2.17. The van der Waals surface area contributed by atoms with E-state index in [4.69, 9.17) is 11.5 Å². The van der Waals surface area contributed by atoms with Crippen LogP contribution >= 0.6 is 0 Å². The fourth-order valence-electron chi connectivity index (χ4n) is 1.82. The lowest BCUT2D eigenvalue weighted by molar-refractivity contribution is -0.117. The summed E-state index contributed by atoms with van der Waals surface area (Å²) in [4.78, 5) is 23.1. The molecule has 0 aliphatic carbocycles. The topological polar surface area (TPSA) is 98.2 Å². The number of benzene rings is 2. The number of hydrogen-bond acceptors (Lipinski definition) is 3. The van der Waals surface area contributed by atoms with Crippen molar-refractivity contribution in [3.8, 4) is 0 Å². The van der Waals surface area contributed by atoms with Crippen molar-refractivity contribution in [2.24, 2.45) is 11.5 Å². The van der Waals surface area contributed by atoms with Crippen LogP contribution in [-0.4, -0.2) is 11.8 Å². The minimum absolute atomic E-state index is 0.251. The van der Waals surface area contributed by atoms with Gasteiger partial charge in [-0.05, 0) is 23.8 Å². The maximum atomic E-state index is 13.3. The number of amides is 2. The number of anilines is 1. The summed E-state index contributed by atoms with van der Waals surface area (Å²) in [5.41, 5.74) is 11.5. The van der Waals surface area contributed by atoms with Crippen molar-refractivity contribution >= 4 is 17.5 Å². The van der Waals surface area contributed by atoms with E-state index in [1.165, 1.54) is 12.1 Å². The molecule has 2 amide bonds. The third kappa shape index (κ3) is 3.43. The van der Waals surface area contributed by atoms with Gasteiger partial charge in [0.2, 0.25) is 5.91 Å². The van der Waals surface area contributed by atoms with Gasteiger partial charge in [-0.3, -0.25) is 9.59 Å². The number of nitrogens with one attached hydrogen (secondary N) is 1. The van der Waals surface area contributed by atoms with E-state index >= 15 is 0 Å². The Morgan fingerprint density at radius 1 is 1.10 bits per heavy atom. The van der Waals surface area contributed by atoms with Gasteiger partial charge in [0.25, 0.3) is 5.91 Å². The molecule has 2 aromatic carbocycles. The SMILES string of the molecule is NC(=O)c1cc(NC(=O)[C@H](N)c2ccccc2)ccc1F. The number of primary amides is 1. The first kappa shape index (κ1) is 14.7. The smallest absolute Gasteiger partial charge is 0.251 e. The van der Waals surface area contributed by atoms with Crippen molar-refractivity contribution in [3.63, 3.8) is 0 Å². The lowest BCUT2D eigenvalue weighted by Crippen LogP contribution is -2.27. The lowest BCUT2D eigenvalue weighted by Gasteiger charge is -2.13. The maximum absolute atomic E-state index is 13.3. The average molecular weight is 287 g/mol. The average Bonchev–Trinajstić information content (AvgIpc) is 2.49. The van der Waals surface area contributed by atoms with Gasteiger partial charge < -0.3 is 16.8 Å². The quantitative estimate of drug-likeness (QED) is 0.795. The number of halogens is 1. The van der Waals surface area contributed by atoms with Crippen LogP contribution in [0.4, 0.5) is 10.1 Å². The Balaban J connectivity index is 2.16. The van der Waals surface area contributed by atoms with Crippen molar-refractivity contribution in [1.29, 1.82) is 0 Å². The zero-order chi connectivity index (χ0) is 15.4. The minimum atomic E-state index is -0.907. The van der Waals surface area contributed by atoms with Gasteiger partial charge in [0.15, 0.2) is 0 Å². The van der Waals surface area contributed by atoms with Crippen LogP contribution in [0.5, 0.6) is 0 Å². The van der Waals surface area contributed by atoms with Crippen LogP contribution in [0, 0.1) is 5.82 Å². The van der Waals surface area contributed by atoms with E-state index in [2.05, 4.69) is 5.32 Å². The molecule has 5 nitrogen and oxygen atoms in total. The van der Waals surface area contributed by atoms with Crippen LogP contribution in [0.1, 0.15) is 22.0 Å². The third-order valence-electron chi connectivity index (χ3n) is 2.94. The second kappa shape index (κ2) is 6.15. The van der Waals surface area contributed by atoms with Crippen molar-refractivity contribution in [3.05, 3.63) is 65.5 Å². The Labute approximate surface area is 120 Å². The van der Waals surface area contributed by atoms with E-state index in [1.54, 1.807) is 24.3 Å². The first-order valence-corrected chi connectivity index (χ1v) is 6.20. The fraction of sp³-hybridized carbons (Fsp3) is 0.0667. The van der Waals surface area contributed by atoms with Crippen molar-refractivity contribution < 1.29 is 14.0 Å². The van der Waals surface area contributed by atoms with Crippen LogP contribution in [0.2, 0.25) is 0 Å². The molecule has 0 fully saturated rings. The largest absolute Gasteiger partial charge is 0.366 e. The standard InChI is InChI=1S/C15H14FN3O2/c16-12-7-6-10(8-11(12)14(18)20)19-15(21)13(17)9-4-2-1-3-5-9/h1-8,13H,17H2,(H2,18,20)(H,19,21)/t13-/m1/s1. The Bertz CT molecular complexity index is 674. The summed E-state index contributed by atoms with van der Waals surface area (Å²) in [6, 6.07) is 11.5. The molecule has 21 heavy (non-hydrogen) atoms. The van der Waals surface area contributed by atoms with Gasteiger partial charge in [-0.25, -0.2) is 4.39 Å². The maximum Gasteiger partial charge on any atom is 0.251 e. The molecule has 0 aromatic heterocycles. The summed E-state index contributed by atoms with van der Waals surface area (Å²) in [5, 5.41) is 2.52. The molecular weight excluding hydrogens is 273 g/mol. The normalized spacial score (nSPS) is 11.7. The monoisotopic (exact) mass is 287 g/mol. The van der Waals surface area contributed by atoms with Crippen LogP contribution < -0.4 is 16.8 Å². The van der Waals surface area contributed by atoms with E-state index in [-0.39, 0.29) is 11.3 Å². The zero-order valence-electron chi connectivity index (χ0n) is 11.0. The fourth-order valence-corrected chi connectivity index (χ4v) is 1.82. The Morgan fingerprint density at radius 2 is 1.76 bits per heavy atom. The van der Waals surface area contributed by atoms with Crippen LogP contribution in [-0.2, 0) is 4.79 Å². The second-order valence-electron chi connectivity index (χ2n) is 4.44. The highest BCUT2D eigenvalue weighted by molar-refractivity contribution is 5.98. The highest BCUT2D eigenvalue weighted by atomic mass is 19.1. The highest BCUT2D eigenvalue weighted by Gasteiger charge is 2.16. The minimum Gasteiger partial charge on any atom is -0.366 e. The molecule has 0 heterocycles. The lowest BCUT2D eigenvalue weighted by atomic mass is 10.1. The molecule has 6 heteroatoms. The summed E-state index contributed by atoms with van der Waals surface area (Å²) in [5.74, 6) is -2.12. The third-order valence-corrected chi connectivity index (χ3v) is 2.94. The van der Waals surface area contributed by atoms with E-state index < -0.39 is 23.7 Å². The molecule has 0 radical (unpaired) electrons. The first-order chi connectivity index (χ1) is 9.99. The van der Waals surface area contributed by atoms with Gasteiger partial charge >= 0.3 is 0 Å². The van der Waals surface area contributed by atoms with Gasteiger partial charge in [0, 0.05) is 5.69 Å². The summed E-state index contributed by atoms with van der Waals surface area (Å²) >= 11 is 0. The van der Waals surface area contributed by atoms with Crippen molar-refractivity contribution in [2.75, 3.05) is 5.32 Å². The number of nitrogens with two attached hydrogens (primary N) is 2. The van der Waals surface area contributed by atoms with Gasteiger partial charge in [-0.15, -0.1) is 0 Å². The number of carbonyl (C=O) groups is 2. The van der Waals surface area contributed by atoms with Crippen LogP contribution in [0.3, 0.4) is 0 Å². The first-order valence-electron chi connectivity index (χ1n) is 6.20. The molecule has 0 bridgehead atoms. The Morgan fingerprint density at radius 3 is 2.38 bits per heavy atom. The molecule has 0 saturated carbocycles. The summed E-state index contributed by atoms with van der Waals surface area (Å²) in [7, 11) is 0. The number of carbonyl (C=O) groups excluding carboxylic acids is 2. The number of rotatable bonds is 4. The van der Waals surface area contributed by atoms with E-state index in [1.807, 2.05) is 6.07 Å². The molecule has 2 rings (SSSR count). The predicted octanol–water partition coefficient (Wildman–Crippen LogP) is 1.56. The van der Waals surface area contributed by atoms with Gasteiger partial charge in [-0.1, -0.05) is 30.3 Å². The van der Waals surface area contributed by atoms with Crippen molar-refractivity contribution in [2.45, 2.75) is 6.04 Å². The summed E-state index contributed by atoms with van der Waals surface area (Å²) in [6.45, 7) is 0. The second-order valence-corrected chi connectivity index (χ2v) is 4.44. The van der Waals surface area contributed by atoms with Gasteiger partial charge in [0.1, 0.15) is 11.9 Å². The van der Waals surface area contributed by atoms with E-state index in [9.17, 15) is 14.0 Å². The number of hydrogen-bond donors (Lipinski definition) is 3. The molecule has 108 valence electrons. The predicted molar refractivity (Wildman–Crippen MR) is 76.9 cm³/mol. The molecule has 0 unspecified atom stereocenters. The Kier molecular flexibility index (Phi) is 4.30. The van der Waals surface area contributed by atoms with E-state index in [0.29, 0.717) is 5.56 Å². The summed E-state index contributed by atoms with van der Waals surface area (Å²) in [6.07, 6.45) is 0. The molecule has 0 saturated heterocycles. The van der Waals surface area contributed by atoms with E-state index in [0.717, 1.165) is 6.07 Å². The molecule has 5 N–H and O–H groups in total. The van der Waals surface area contributed by atoms with Gasteiger partial charge in [0.05, 0.1) is 5.56 Å². The van der Waals surface area contributed by atoms with Gasteiger partial charge in [-0.2, -0.15) is 0 Å². The Hall–Kier alpha value is -2.73. The molecular formula is C15H14FN3O2. The van der Waals surface area contributed by atoms with Crippen molar-refractivity contribution in [1.82, 2.24) is 0 Å². The zero-order valence-corrected chi connectivity index (χ0v) is 11.0. The molecule has 2 aromatic rings. The molecule has 0 spiro atoms. The molecule has 0 aliphatic heterocycles. The van der Waals surface area contributed by atoms with Crippen LogP contribution in [0.15, 0.2) is 48.5 Å². The molecule has 0 aliphatic rings. The molecule has 1 atom stereocenters.